The summed E-state index contributed by atoms with van der Waals surface area (Å²) in [6, 6.07) is 0. The van der Waals surface area contributed by atoms with Gasteiger partial charge in [-0.05, 0) is 13.3 Å². The van der Waals surface area contributed by atoms with Gasteiger partial charge in [0, 0.05) is 6.54 Å². The molecule has 3 nitrogen and oxygen atoms in total. The first-order chi connectivity index (χ1) is 5.22. The highest BCUT2D eigenvalue weighted by atomic mass is 16.4. The molecule has 0 aromatic carbocycles. The van der Waals surface area contributed by atoms with E-state index in [0.717, 1.165) is 19.4 Å². The Labute approximate surface area is 67.1 Å². The summed E-state index contributed by atoms with van der Waals surface area (Å²) in [6.45, 7) is 4.52. The lowest BCUT2D eigenvalue weighted by Gasteiger charge is -2.03. The molecule has 0 fully saturated rings. The summed E-state index contributed by atoms with van der Waals surface area (Å²) in [5.41, 5.74) is 0.290. The number of rotatable bonds is 5. The third-order valence-electron chi connectivity index (χ3n) is 1.36. The van der Waals surface area contributed by atoms with Gasteiger partial charge in [0.25, 0.3) is 0 Å². The number of hydrogen-bond acceptors (Lipinski definition) is 2. The van der Waals surface area contributed by atoms with Crippen LogP contribution < -0.4 is 5.32 Å². The van der Waals surface area contributed by atoms with Gasteiger partial charge in [0.05, 0.1) is 0 Å². The topological polar surface area (TPSA) is 49.3 Å². The standard InChI is InChI=1S/C8H15NO2/c1-3-5-6-9-7(4-2)8(10)11/h4,9H,3,5-6H2,1-2H3,(H,10,11). The van der Waals surface area contributed by atoms with Gasteiger partial charge in [-0.2, -0.15) is 0 Å². The molecule has 0 saturated heterocycles. The Morgan fingerprint density at radius 3 is 2.64 bits per heavy atom. The van der Waals surface area contributed by atoms with Gasteiger partial charge < -0.3 is 10.4 Å². The molecule has 0 unspecified atom stereocenters. The first-order valence-electron chi connectivity index (χ1n) is 3.85. The minimum Gasteiger partial charge on any atom is -0.477 e. The fraction of sp³-hybridized carbons (Fsp3) is 0.625. The van der Waals surface area contributed by atoms with Crippen molar-refractivity contribution in [3.8, 4) is 0 Å². The molecular formula is C8H15NO2. The van der Waals surface area contributed by atoms with Crippen molar-refractivity contribution in [3.63, 3.8) is 0 Å². The van der Waals surface area contributed by atoms with Crippen LogP contribution in [0.25, 0.3) is 0 Å². The quantitative estimate of drug-likeness (QED) is 0.468. The Balaban J connectivity index is 3.63. The fourth-order valence-electron chi connectivity index (χ4n) is 0.701. The molecule has 0 rings (SSSR count). The second kappa shape index (κ2) is 5.77. The molecule has 0 atom stereocenters. The van der Waals surface area contributed by atoms with Gasteiger partial charge in [-0.25, -0.2) is 4.79 Å². The van der Waals surface area contributed by atoms with E-state index in [2.05, 4.69) is 12.2 Å². The highest BCUT2D eigenvalue weighted by Gasteiger charge is 2.02. The molecule has 0 aliphatic heterocycles. The zero-order valence-electron chi connectivity index (χ0n) is 7.05. The van der Waals surface area contributed by atoms with Crippen molar-refractivity contribution in [1.29, 1.82) is 0 Å². The van der Waals surface area contributed by atoms with Crippen LogP contribution in [-0.2, 0) is 4.79 Å². The molecule has 2 N–H and O–H groups in total. The predicted molar refractivity (Wildman–Crippen MR) is 44.3 cm³/mol. The summed E-state index contributed by atoms with van der Waals surface area (Å²) < 4.78 is 0. The molecular weight excluding hydrogens is 142 g/mol. The number of nitrogens with one attached hydrogen (secondary N) is 1. The lowest BCUT2D eigenvalue weighted by molar-refractivity contribution is -0.133. The third kappa shape index (κ3) is 4.42. The first kappa shape index (κ1) is 10.0. The van der Waals surface area contributed by atoms with Crippen LogP contribution in [0.2, 0.25) is 0 Å². The van der Waals surface area contributed by atoms with Crippen molar-refractivity contribution in [2.75, 3.05) is 6.54 Å². The zero-order chi connectivity index (χ0) is 8.69. The van der Waals surface area contributed by atoms with E-state index in [0.29, 0.717) is 5.70 Å². The first-order valence-corrected chi connectivity index (χ1v) is 3.85. The molecule has 0 saturated carbocycles. The van der Waals surface area contributed by atoms with Crippen LogP contribution in [0.5, 0.6) is 0 Å². The molecule has 0 aromatic heterocycles. The summed E-state index contributed by atoms with van der Waals surface area (Å²) in [7, 11) is 0. The number of carboxylic acid groups (broad SMARTS) is 1. The maximum atomic E-state index is 10.4. The van der Waals surface area contributed by atoms with Crippen molar-refractivity contribution < 1.29 is 9.90 Å². The normalized spacial score (nSPS) is 11.3. The molecule has 0 amide bonds. The largest absolute Gasteiger partial charge is 0.477 e. The molecule has 0 aromatic rings. The number of aliphatic carboxylic acids is 1. The summed E-state index contributed by atoms with van der Waals surface area (Å²) in [6.07, 6.45) is 3.65. The number of carbonyl (C=O) groups is 1. The second-order valence-electron chi connectivity index (χ2n) is 2.29. The van der Waals surface area contributed by atoms with E-state index in [-0.39, 0.29) is 0 Å². The van der Waals surface area contributed by atoms with E-state index in [1.54, 1.807) is 13.0 Å². The predicted octanol–water partition coefficient (Wildman–Crippen LogP) is 1.36. The van der Waals surface area contributed by atoms with Gasteiger partial charge in [-0.15, -0.1) is 0 Å². The molecule has 64 valence electrons. The molecule has 0 bridgehead atoms. The van der Waals surface area contributed by atoms with Crippen LogP contribution in [0.3, 0.4) is 0 Å². The van der Waals surface area contributed by atoms with Gasteiger partial charge in [-0.1, -0.05) is 19.4 Å². The van der Waals surface area contributed by atoms with E-state index in [1.165, 1.54) is 0 Å². The molecule has 0 radical (unpaired) electrons. The van der Waals surface area contributed by atoms with Crippen LogP contribution in [0.4, 0.5) is 0 Å². The van der Waals surface area contributed by atoms with Crippen LogP contribution >= 0.6 is 0 Å². The second-order valence-corrected chi connectivity index (χ2v) is 2.29. The maximum Gasteiger partial charge on any atom is 0.351 e. The highest BCUT2D eigenvalue weighted by Crippen LogP contribution is 1.90. The van der Waals surface area contributed by atoms with Crippen LogP contribution in [-0.4, -0.2) is 17.6 Å². The number of hydrogen-bond donors (Lipinski definition) is 2. The monoisotopic (exact) mass is 157 g/mol. The maximum absolute atomic E-state index is 10.4. The van der Waals surface area contributed by atoms with E-state index in [9.17, 15) is 4.79 Å². The molecule has 11 heavy (non-hydrogen) atoms. The summed E-state index contributed by atoms with van der Waals surface area (Å²) in [5.74, 6) is -0.886. The van der Waals surface area contributed by atoms with Gasteiger partial charge in [0.1, 0.15) is 5.70 Å². The number of allylic oxidation sites excluding steroid dienone is 1. The van der Waals surface area contributed by atoms with Crippen LogP contribution in [0, 0.1) is 0 Å². The summed E-state index contributed by atoms with van der Waals surface area (Å²) in [4.78, 5) is 10.4. The Kier molecular flexibility index (Phi) is 5.25. The minimum atomic E-state index is -0.886. The average molecular weight is 157 g/mol. The van der Waals surface area contributed by atoms with Crippen LogP contribution in [0.15, 0.2) is 11.8 Å². The van der Waals surface area contributed by atoms with E-state index >= 15 is 0 Å². The number of unbranched alkanes of at least 4 members (excludes halogenated alkanes) is 1. The van der Waals surface area contributed by atoms with Crippen molar-refractivity contribution in [1.82, 2.24) is 5.32 Å². The van der Waals surface area contributed by atoms with E-state index in [4.69, 9.17) is 5.11 Å². The van der Waals surface area contributed by atoms with Crippen LogP contribution in [0.1, 0.15) is 26.7 Å². The molecule has 0 heterocycles. The SMILES string of the molecule is CC=C(NCCCC)C(=O)O. The third-order valence-corrected chi connectivity index (χ3v) is 1.36. The minimum absolute atomic E-state index is 0.290. The molecule has 0 aliphatic rings. The van der Waals surface area contributed by atoms with Gasteiger partial charge >= 0.3 is 5.97 Å². The Morgan fingerprint density at radius 1 is 1.64 bits per heavy atom. The Bertz CT molecular complexity index is 152. The van der Waals surface area contributed by atoms with Gasteiger partial charge in [0.15, 0.2) is 0 Å². The lowest BCUT2D eigenvalue weighted by Crippen LogP contribution is -2.20. The molecule has 0 aliphatic carbocycles. The van der Waals surface area contributed by atoms with Crippen molar-refractivity contribution in [3.05, 3.63) is 11.8 Å². The average Bonchev–Trinajstić information content (AvgIpc) is 1.97. The van der Waals surface area contributed by atoms with Crippen molar-refractivity contribution >= 4 is 5.97 Å². The summed E-state index contributed by atoms with van der Waals surface area (Å²) >= 11 is 0. The zero-order valence-corrected chi connectivity index (χ0v) is 7.05. The lowest BCUT2D eigenvalue weighted by atomic mass is 10.3. The number of carboxylic acids is 1. The molecule has 3 heteroatoms. The Hall–Kier alpha value is -0.990. The van der Waals surface area contributed by atoms with E-state index < -0.39 is 5.97 Å². The van der Waals surface area contributed by atoms with E-state index in [1.807, 2.05) is 0 Å². The summed E-state index contributed by atoms with van der Waals surface area (Å²) in [5, 5.41) is 11.4. The van der Waals surface area contributed by atoms with Gasteiger partial charge in [-0.3, -0.25) is 0 Å². The highest BCUT2D eigenvalue weighted by molar-refractivity contribution is 5.85. The smallest absolute Gasteiger partial charge is 0.351 e. The molecule has 0 spiro atoms. The van der Waals surface area contributed by atoms with Crippen molar-refractivity contribution in [2.24, 2.45) is 0 Å². The fourth-order valence-corrected chi connectivity index (χ4v) is 0.701. The van der Waals surface area contributed by atoms with Gasteiger partial charge in [0.2, 0.25) is 0 Å². The van der Waals surface area contributed by atoms with Crippen molar-refractivity contribution in [2.45, 2.75) is 26.7 Å². The Morgan fingerprint density at radius 2 is 2.27 bits per heavy atom.